The van der Waals surface area contributed by atoms with E-state index in [9.17, 15) is 0 Å². The third kappa shape index (κ3) is 7.20. The van der Waals surface area contributed by atoms with Gasteiger partial charge in [0.05, 0.1) is 6.54 Å². The van der Waals surface area contributed by atoms with Gasteiger partial charge in [0.1, 0.15) is 5.82 Å². The molecule has 1 aromatic rings. The molecule has 2 rings (SSSR count). The summed E-state index contributed by atoms with van der Waals surface area (Å²) in [7, 11) is 4.01. The Morgan fingerprint density at radius 3 is 2.77 bits per heavy atom. The maximum absolute atomic E-state index is 4.71. The molecular weight excluding hydrogens is 324 g/mol. The van der Waals surface area contributed by atoms with Gasteiger partial charge in [-0.1, -0.05) is 6.92 Å². The van der Waals surface area contributed by atoms with Crippen LogP contribution in [0.1, 0.15) is 38.7 Å². The van der Waals surface area contributed by atoms with E-state index in [0.717, 1.165) is 37.2 Å². The molecule has 0 aromatic carbocycles. The summed E-state index contributed by atoms with van der Waals surface area (Å²) in [5, 5.41) is 6.80. The van der Waals surface area contributed by atoms with Crippen LogP contribution in [0.2, 0.25) is 0 Å². The van der Waals surface area contributed by atoms with Crippen LogP contribution in [0.15, 0.2) is 23.3 Å². The molecule has 0 radical (unpaired) electrons. The van der Waals surface area contributed by atoms with Gasteiger partial charge in [-0.05, 0) is 69.4 Å². The summed E-state index contributed by atoms with van der Waals surface area (Å²) in [5.41, 5.74) is 1.17. The van der Waals surface area contributed by atoms with Gasteiger partial charge in [0.25, 0.3) is 0 Å². The summed E-state index contributed by atoms with van der Waals surface area (Å²) in [6.07, 6.45) is 5.69. The van der Waals surface area contributed by atoms with Crippen molar-refractivity contribution in [3.63, 3.8) is 0 Å². The summed E-state index contributed by atoms with van der Waals surface area (Å²) >= 11 is 0. The molecule has 26 heavy (non-hydrogen) atoms. The Morgan fingerprint density at radius 1 is 1.31 bits per heavy atom. The number of hydrogen-bond donors (Lipinski definition) is 2. The summed E-state index contributed by atoms with van der Waals surface area (Å²) in [6.45, 7) is 10.6. The lowest BCUT2D eigenvalue weighted by molar-refractivity contribution is 0.191. The molecule has 1 fully saturated rings. The maximum atomic E-state index is 4.71. The molecule has 1 saturated heterocycles. The topological polar surface area (TPSA) is 55.8 Å². The summed E-state index contributed by atoms with van der Waals surface area (Å²) in [6, 6.07) is 4.11. The summed E-state index contributed by atoms with van der Waals surface area (Å²) < 4.78 is 0. The number of anilines is 1. The Morgan fingerprint density at radius 2 is 2.08 bits per heavy atom. The van der Waals surface area contributed by atoms with Gasteiger partial charge in [-0.3, -0.25) is 0 Å². The predicted molar refractivity (Wildman–Crippen MR) is 111 cm³/mol. The van der Waals surface area contributed by atoms with Crippen LogP contribution in [-0.4, -0.2) is 62.7 Å². The number of aliphatic imine (C=N–C) groups is 1. The van der Waals surface area contributed by atoms with Gasteiger partial charge in [0.2, 0.25) is 0 Å². The maximum Gasteiger partial charge on any atom is 0.191 e. The molecule has 0 saturated carbocycles. The number of guanidine groups is 1. The van der Waals surface area contributed by atoms with Gasteiger partial charge >= 0.3 is 0 Å². The zero-order valence-electron chi connectivity index (χ0n) is 17.0. The SMILES string of the molecule is CCNC(=NCc1ccnc(N(C)C)c1)NCCCN1CCC(C)CC1. The number of hydrogen-bond acceptors (Lipinski definition) is 4. The fraction of sp³-hybridized carbons (Fsp3) is 0.700. The number of pyridine rings is 1. The van der Waals surface area contributed by atoms with E-state index in [1.54, 1.807) is 0 Å². The van der Waals surface area contributed by atoms with Crippen LogP contribution in [0.4, 0.5) is 5.82 Å². The standard InChI is InChI=1S/C20H36N6/c1-5-21-20(23-10-6-12-26-13-8-17(2)9-14-26)24-16-18-7-11-22-19(15-18)25(3)4/h7,11,15,17H,5-6,8-10,12-14,16H2,1-4H3,(H2,21,23,24). The lowest BCUT2D eigenvalue weighted by Gasteiger charge is -2.30. The van der Waals surface area contributed by atoms with Crippen molar-refractivity contribution in [1.82, 2.24) is 20.5 Å². The Hall–Kier alpha value is -1.82. The molecule has 0 amide bonds. The molecule has 1 aliphatic rings. The van der Waals surface area contributed by atoms with Crippen molar-refractivity contribution in [1.29, 1.82) is 0 Å². The lowest BCUT2D eigenvalue weighted by atomic mass is 9.99. The minimum atomic E-state index is 0.655. The molecule has 146 valence electrons. The molecule has 0 atom stereocenters. The van der Waals surface area contributed by atoms with Crippen LogP contribution in [-0.2, 0) is 6.54 Å². The van der Waals surface area contributed by atoms with Crippen LogP contribution in [0.3, 0.4) is 0 Å². The van der Waals surface area contributed by atoms with E-state index in [1.165, 1.54) is 38.0 Å². The Labute approximate surface area is 159 Å². The third-order valence-corrected chi connectivity index (χ3v) is 4.85. The number of aromatic nitrogens is 1. The Bertz CT molecular complexity index is 549. The molecule has 0 aliphatic carbocycles. The van der Waals surface area contributed by atoms with Gasteiger partial charge in [0.15, 0.2) is 5.96 Å². The molecule has 2 N–H and O–H groups in total. The summed E-state index contributed by atoms with van der Waals surface area (Å²) in [5.74, 6) is 2.76. The molecule has 2 heterocycles. The van der Waals surface area contributed by atoms with E-state index < -0.39 is 0 Å². The minimum absolute atomic E-state index is 0.655. The normalized spacial score (nSPS) is 16.5. The minimum Gasteiger partial charge on any atom is -0.363 e. The van der Waals surface area contributed by atoms with E-state index in [0.29, 0.717) is 6.54 Å². The molecule has 1 aromatic heterocycles. The van der Waals surface area contributed by atoms with E-state index in [2.05, 4.69) is 40.4 Å². The first kappa shape index (κ1) is 20.5. The highest BCUT2D eigenvalue weighted by Crippen LogP contribution is 2.15. The van der Waals surface area contributed by atoms with Crippen LogP contribution < -0.4 is 15.5 Å². The van der Waals surface area contributed by atoms with Crippen molar-refractivity contribution in [3.8, 4) is 0 Å². The highest BCUT2D eigenvalue weighted by atomic mass is 15.2. The van der Waals surface area contributed by atoms with Crippen molar-refractivity contribution in [2.75, 3.05) is 51.7 Å². The largest absolute Gasteiger partial charge is 0.363 e. The average molecular weight is 361 g/mol. The van der Waals surface area contributed by atoms with Gasteiger partial charge in [-0.15, -0.1) is 0 Å². The van der Waals surface area contributed by atoms with Crippen molar-refractivity contribution < 1.29 is 0 Å². The highest BCUT2D eigenvalue weighted by Gasteiger charge is 2.14. The quantitative estimate of drug-likeness (QED) is 0.423. The first-order chi connectivity index (χ1) is 12.6. The monoisotopic (exact) mass is 360 g/mol. The molecule has 0 unspecified atom stereocenters. The zero-order chi connectivity index (χ0) is 18.8. The number of likely N-dealkylation sites (tertiary alicyclic amines) is 1. The Balaban J connectivity index is 1.76. The second-order valence-electron chi connectivity index (χ2n) is 7.42. The Kier molecular flexibility index (Phi) is 8.68. The van der Waals surface area contributed by atoms with Crippen LogP contribution in [0.25, 0.3) is 0 Å². The van der Waals surface area contributed by atoms with Gasteiger partial charge in [-0.2, -0.15) is 0 Å². The molecular formula is C20H36N6. The third-order valence-electron chi connectivity index (χ3n) is 4.85. The second kappa shape index (κ2) is 11.0. The van der Waals surface area contributed by atoms with Crippen LogP contribution in [0.5, 0.6) is 0 Å². The molecule has 6 heteroatoms. The van der Waals surface area contributed by atoms with Gasteiger partial charge < -0.3 is 20.4 Å². The first-order valence-electron chi connectivity index (χ1n) is 9.95. The van der Waals surface area contributed by atoms with Gasteiger partial charge in [-0.25, -0.2) is 9.98 Å². The first-order valence-corrected chi connectivity index (χ1v) is 9.95. The lowest BCUT2D eigenvalue weighted by Crippen LogP contribution is -2.39. The van der Waals surface area contributed by atoms with Crippen molar-refractivity contribution in [2.45, 2.75) is 39.7 Å². The fourth-order valence-electron chi connectivity index (χ4n) is 3.11. The molecule has 0 spiro atoms. The number of piperidine rings is 1. The predicted octanol–water partition coefficient (Wildman–Crippen LogP) is 2.32. The average Bonchev–Trinajstić information content (AvgIpc) is 2.64. The van der Waals surface area contributed by atoms with Crippen molar-refractivity contribution >= 4 is 11.8 Å². The van der Waals surface area contributed by atoms with E-state index in [4.69, 9.17) is 4.99 Å². The summed E-state index contributed by atoms with van der Waals surface area (Å²) in [4.78, 5) is 13.7. The molecule has 6 nitrogen and oxygen atoms in total. The van der Waals surface area contributed by atoms with Crippen LogP contribution >= 0.6 is 0 Å². The van der Waals surface area contributed by atoms with Crippen LogP contribution in [0, 0.1) is 5.92 Å². The van der Waals surface area contributed by atoms with E-state index in [-0.39, 0.29) is 0 Å². The molecule has 1 aliphatic heterocycles. The molecule has 0 bridgehead atoms. The number of nitrogens with one attached hydrogen (secondary N) is 2. The van der Waals surface area contributed by atoms with Crippen molar-refractivity contribution in [3.05, 3.63) is 23.9 Å². The smallest absolute Gasteiger partial charge is 0.191 e. The van der Waals surface area contributed by atoms with Crippen molar-refractivity contribution in [2.24, 2.45) is 10.9 Å². The zero-order valence-corrected chi connectivity index (χ0v) is 17.0. The number of rotatable bonds is 8. The van der Waals surface area contributed by atoms with E-state index in [1.807, 2.05) is 31.3 Å². The van der Waals surface area contributed by atoms with Gasteiger partial charge in [0, 0.05) is 33.4 Å². The number of nitrogens with zero attached hydrogens (tertiary/aromatic N) is 4. The highest BCUT2D eigenvalue weighted by molar-refractivity contribution is 5.79. The second-order valence-corrected chi connectivity index (χ2v) is 7.42. The van der Waals surface area contributed by atoms with E-state index >= 15 is 0 Å². The fourth-order valence-corrected chi connectivity index (χ4v) is 3.11.